The number of hydrogen-bond donors (Lipinski definition) is 0. The summed E-state index contributed by atoms with van der Waals surface area (Å²) >= 11 is 0. The van der Waals surface area contributed by atoms with Crippen LogP contribution in [0.1, 0.15) is 62.4 Å². The summed E-state index contributed by atoms with van der Waals surface area (Å²) in [6.07, 6.45) is 4.98. The zero-order valence-corrected chi connectivity index (χ0v) is 19.3. The van der Waals surface area contributed by atoms with Crippen LogP contribution in [0.2, 0.25) is 0 Å². The van der Waals surface area contributed by atoms with E-state index in [1.165, 1.54) is 12.8 Å². The van der Waals surface area contributed by atoms with E-state index in [9.17, 15) is 9.59 Å². The molecule has 6 nitrogen and oxygen atoms in total. The number of carbonyl (C=O) groups excluding carboxylic acids is 2. The SMILES string of the molecule is CC(c1ccccc1)N1CC(c2nc3ccccc3n2CC(=O)N2CCCCCC2)CC1=O. The van der Waals surface area contributed by atoms with E-state index in [4.69, 9.17) is 4.98 Å². The summed E-state index contributed by atoms with van der Waals surface area (Å²) in [5.41, 5.74) is 2.99. The number of imidazole rings is 1. The van der Waals surface area contributed by atoms with Crippen LogP contribution in [0.15, 0.2) is 54.6 Å². The zero-order chi connectivity index (χ0) is 22.8. The topological polar surface area (TPSA) is 58.4 Å². The van der Waals surface area contributed by atoms with Crippen molar-refractivity contribution in [1.29, 1.82) is 0 Å². The van der Waals surface area contributed by atoms with Crippen molar-refractivity contribution in [1.82, 2.24) is 19.4 Å². The summed E-state index contributed by atoms with van der Waals surface area (Å²) < 4.78 is 2.07. The molecule has 2 aliphatic heterocycles. The first-order chi connectivity index (χ1) is 16.1. The van der Waals surface area contributed by atoms with E-state index >= 15 is 0 Å². The van der Waals surface area contributed by atoms with Gasteiger partial charge in [0.1, 0.15) is 12.4 Å². The summed E-state index contributed by atoms with van der Waals surface area (Å²) in [5.74, 6) is 1.14. The fourth-order valence-corrected chi connectivity index (χ4v) is 5.32. The Morgan fingerprint density at radius 1 is 1.00 bits per heavy atom. The summed E-state index contributed by atoms with van der Waals surface area (Å²) in [4.78, 5) is 35.2. The molecule has 0 bridgehead atoms. The van der Waals surface area contributed by atoms with E-state index in [0.29, 0.717) is 13.0 Å². The van der Waals surface area contributed by atoms with Gasteiger partial charge in [0.15, 0.2) is 0 Å². The monoisotopic (exact) mass is 444 g/mol. The van der Waals surface area contributed by atoms with Gasteiger partial charge in [0, 0.05) is 32.0 Å². The molecule has 2 atom stereocenters. The molecular formula is C27H32N4O2. The molecule has 0 saturated carbocycles. The highest BCUT2D eigenvalue weighted by Crippen LogP contribution is 2.35. The summed E-state index contributed by atoms with van der Waals surface area (Å²) in [6, 6.07) is 18.2. The first-order valence-corrected chi connectivity index (χ1v) is 12.2. The standard InChI is InChI=1S/C27H32N4O2/c1-20(21-11-5-4-6-12-21)30-18-22(17-25(30)32)27-28-23-13-7-8-14-24(23)31(27)19-26(33)29-15-9-2-3-10-16-29/h4-8,11-14,20,22H,2-3,9-10,15-19H2,1H3. The minimum atomic E-state index is -0.0204. The summed E-state index contributed by atoms with van der Waals surface area (Å²) in [6.45, 7) is 4.67. The number of likely N-dealkylation sites (tertiary alicyclic amines) is 2. The van der Waals surface area contributed by atoms with Crippen LogP contribution in [0.5, 0.6) is 0 Å². The van der Waals surface area contributed by atoms with Gasteiger partial charge in [-0.15, -0.1) is 0 Å². The fraction of sp³-hybridized carbons (Fsp3) is 0.444. The maximum Gasteiger partial charge on any atom is 0.242 e. The first-order valence-electron chi connectivity index (χ1n) is 12.2. The second kappa shape index (κ2) is 9.38. The van der Waals surface area contributed by atoms with Gasteiger partial charge < -0.3 is 14.4 Å². The van der Waals surface area contributed by atoms with Gasteiger partial charge in [0.2, 0.25) is 11.8 Å². The van der Waals surface area contributed by atoms with E-state index in [-0.39, 0.29) is 30.3 Å². The third-order valence-corrected chi connectivity index (χ3v) is 7.21. The lowest BCUT2D eigenvalue weighted by molar-refractivity contribution is -0.132. The molecule has 0 N–H and O–H groups in total. The normalized spacial score (nSPS) is 20.3. The number of benzene rings is 2. The maximum absolute atomic E-state index is 13.3. The molecule has 0 radical (unpaired) electrons. The van der Waals surface area contributed by atoms with Crippen molar-refractivity contribution < 1.29 is 9.59 Å². The minimum Gasteiger partial charge on any atom is -0.341 e. The quantitative estimate of drug-likeness (QED) is 0.582. The van der Waals surface area contributed by atoms with E-state index in [1.54, 1.807) is 0 Å². The average molecular weight is 445 g/mol. The number of carbonyl (C=O) groups is 2. The Balaban J connectivity index is 1.42. The van der Waals surface area contributed by atoms with E-state index < -0.39 is 0 Å². The number of aromatic nitrogens is 2. The molecule has 2 unspecified atom stereocenters. The van der Waals surface area contributed by atoms with Crippen molar-refractivity contribution in [3.63, 3.8) is 0 Å². The zero-order valence-electron chi connectivity index (χ0n) is 19.3. The van der Waals surface area contributed by atoms with Crippen molar-refractivity contribution in [2.24, 2.45) is 0 Å². The fourth-order valence-electron chi connectivity index (χ4n) is 5.32. The Bertz CT molecular complexity index is 1130. The first kappa shape index (κ1) is 21.7. The largest absolute Gasteiger partial charge is 0.341 e. The van der Waals surface area contributed by atoms with E-state index in [1.807, 2.05) is 52.3 Å². The molecule has 2 fully saturated rings. The number of para-hydroxylation sites is 2. The molecule has 0 spiro atoms. The van der Waals surface area contributed by atoms with E-state index in [0.717, 1.165) is 48.4 Å². The molecule has 0 aliphatic carbocycles. The highest BCUT2D eigenvalue weighted by Gasteiger charge is 2.37. The van der Waals surface area contributed by atoms with Crippen molar-refractivity contribution in [2.75, 3.05) is 19.6 Å². The van der Waals surface area contributed by atoms with Crippen LogP contribution in [0.25, 0.3) is 11.0 Å². The lowest BCUT2D eigenvalue weighted by Gasteiger charge is -2.25. The van der Waals surface area contributed by atoms with Gasteiger partial charge in [-0.1, -0.05) is 55.3 Å². The molecular weight excluding hydrogens is 412 g/mol. The van der Waals surface area contributed by atoms with Crippen molar-refractivity contribution >= 4 is 22.8 Å². The average Bonchev–Trinajstić information content (AvgIpc) is 3.27. The molecule has 172 valence electrons. The molecule has 3 aromatic rings. The number of fused-ring (bicyclic) bond motifs is 1. The molecule has 2 aliphatic rings. The predicted molar refractivity (Wildman–Crippen MR) is 129 cm³/mol. The van der Waals surface area contributed by atoms with Crippen molar-refractivity contribution in [2.45, 2.75) is 57.5 Å². The van der Waals surface area contributed by atoms with Gasteiger partial charge >= 0.3 is 0 Å². The summed E-state index contributed by atoms with van der Waals surface area (Å²) in [5, 5.41) is 0. The highest BCUT2D eigenvalue weighted by molar-refractivity contribution is 5.83. The maximum atomic E-state index is 13.3. The Morgan fingerprint density at radius 3 is 2.45 bits per heavy atom. The number of nitrogens with zero attached hydrogens (tertiary/aromatic N) is 4. The van der Waals surface area contributed by atoms with Crippen LogP contribution in [-0.4, -0.2) is 50.8 Å². The van der Waals surface area contributed by atoms with Gasteiger partial charge in [-0.3, -0.25) is 9.59 Å². The van der Waals surface area contributed by atoms with Gasteiger partial charge in [0.05, 0.1) is 17.1 Å². The van der Waals surface area contributed by atoms with Gasteiger partial charge in [-0.2, -0.15) is 0 Å². The Morgan fingerprint density at radius 2 is 1.70 bits per heavy atom. The van der Waals surface area contributed by atoms with Crippen LogP contribution < -0.4 is 0 Å². The van der Waals surface area contributed by atoms with E-state index in [2.05, 4.69) is 23.6 Å². The van der Waals surface area contributed by atoms with Gasteiger partial charge in [0.25, 0.3) is 0 Å². The number of amides is 2. The summed E-state index contributed by atoms with van der Waals surface area (Å²) in [7, 11) is 0. The molecule has 5 rings (SSSR count). The molecule has 3 heterocycles. The minimum absolute atomic E-state index is 0.0141. The smallest absolute Gasteiger partial charge is 0.242 e. The van der Waals surface area contributed by atoms with Crippen LogP contribution in [-0.2, 0) is 16.1 Å². The molecule has 2 amide bonds. The van der Waals surface area contributed by atoms with Crippen molar-refractivity contribution in [3.05, 3.63) is 66.0 Å². The van der Waals surface area contributed by atoms with Crippen molar-refractivity contribution in [3.8, 4) is 0 Å². The lowest BCUT2D eigenvalue weighted by atomic mass is 10.1. The molecule has 2 saturated heterocycles. The van der Waals surface area contributed by atoms with Gasteiger partial charge in [-0.25, -0.2) is 4.98 Å². The predicted octanol–water partition coefficient (Wildman–Crippen LogP) is 4.52. The highest BCUT2D eigenvalue weighted by atomic mass is 16.2. The Labute approximate surface area is 195 Å². The number of hydrogen-bond acceptors (Lipinski definition) is 3. The Hall–Kier alpha value is -3.15. The molecule has 33 heavy (non-hydrogen) atoms. The number of rotatable bonds is 5. The molecule has 1 aromatic heterocycles. The third kappa shape index (κ3) is 4.39. The van der Waals surface area contributed by atoms with Crippen LogP contribution >= 0.6 is 0 Å². The second-order valence-corrected chi connectivity index (χ2v) is 9.37. The third-order valence-electron chi connectivity index (χ3n) is 7.21. The van der Waals surface area contributed by atoms with Crippen LogP contribution in [0, 0.1) is 0 Å². The second-order valence-electron chi connectivity index (χ2n) is 9.37. The molecule has 6 heteroatoms. The van der Waals surface area contributed by atoms with Crippen LogP contribution in [0.4, 0.5) is 0 Å². The lowest BCUT2D eigenvalue weighted by Crippen LogP contribution is -2.35. The van der Waals surface area contributed by atoms with Crippen LogP contribution in [0.3, 0.4) is 0 Å². The molecule has 2 aromatic carbocycles. The van der Waals surface area contributed by atoms with Gasteiger partial charge in [-0.05, 0) is 37.5 Å². The Kier molecular flexibility index (Phi) is 6.16.